The molecule has 1 aliphatic carbocycles. The first-order valence-corrected chi connectivity index (χ1v) is 11.0. The minimum Gasteiger partial charge on any atom is -0.311 e. The fourth-order valence-corrected chi connectivity index (χ4v) is 4.91. The Balaban J connectivity index is 1.50. The van der Waals surface area contributed by atoms with Gasteiger partial charge in [0.1, 0.15) is 11.6 Å². The standard InChI is InChI=1S/C16H27N5O2S/c1-24(22,23)20-10-6-13(7-11-20)16-18-17-15(21(16)14-4-5-14)12-19-8-2-3-9-19/h13-14H,2-12H2,1H3. The Labute approximate surface area is 144 Å². The van der Waals surface area contributed by atoms with Gasteiger partial charge in [0.15, 0.2) is 0 Å². The van der Waals surface area contributed by atoms with Crippen LogP contribution in [0.1, 0.15) is 62.1 Å². The number of rotatable bonds is 5. The predicted molar refractivity (Wildman–Crippen MR) is 91.2 cm³/mol. The molecule has 0 spiro atoms. The number of piperidine rings is 1. The van der Waals surface area contributed by atoms with Crippen molar-refractivity contribution in [2.45, 2.75) is 57.0 Å². The van der Waals surface area contributed by atoms with Gasteiger partial charge in [0.2, 0.25) is 10.0 Å². The van der Waals surface area contributed by atoms with E-state index in [1.807, 2.05) is 0 Å². The average Bonchev–Trinajstić information content (AvgIpc) is 3.09. The largest absolute Gasteiger partial charge is 0.311 e. The van der Waals surface area contributed by atoms with E-state index in [9.17, 15) is 8.42 Å². The van der Waals surface area contributed by atoms with Crippen LogP contribution in [0, 0.1) is 0 Å². The lowest BCUT2D eigenvalue weighted by atomic mass is 9.97. The number of sulfonamides is 1. The number of hydrogen-bond acceptors (Lipinski definition) is 5. The molecular formula is C16H27N5O2S. The van der Waals surface area contributed by atoms with Crippen molar-refractivity contribution in [2.24, 2.45) is 0 Å². The quantitative estimate of drug-likeness (QED) is 0.799. The highest BCUT2D eigenvalue weighted by Gasteiger charge is 2.35. The topological polar surface area (TPSA) is 71.3 Å². The lowest BCUT2D eigenvalue weighted by molar-refractivity contribution is 0.303. The molecule has 1 saturated carbocycles. The zero-order valence-corrected chi connectivity index (χ0v) is 15.2. The summed E-state index contributed by atoms with van der Waals surface area (Å²) in [4.78, 5) is 2.47. The first-order valence-electron chi connectivity index (χ1n) is 9.13. The van der Waals surface area contributed by atoms with E-state index < -0.39 is 10.0 Å². The molecule has 1 aromatic rings. The van der Waals surface area contributed by atoms with Crippen molar-refractivity contribution in [2.75, 3.05) is 32.4 Å². The van der Waals surface area contributed by atoms with Crippen molar-refractivity contribution in [1.29, 1.82) is 0 Å². The van der Waals surface area contributed by atoms with E-state index in [0.29, 0.717) is 25.0 Å². The molecule has 0 aromatic carbocycles. The van der Waals surface area contributed by atoms with Gasteiger partial charge in [-0.05, 0) is 51.6 Å². The van der Waals surface area contributed by atoms with E-state index >= 15 is 0 Å². The second-order valence-corrected chi connectivity index (χ2v) is 9.48. The van der Waals surface area contributed by atoms with Crippen LogP contribution in [0.4, 0.5) is 0 Å². The predicted octanol–water partition coefficient (Wildman–Crippen LogP) is 1.35. The monoisotopic (exact) mass is 353 g/mol. The molecule has 3 fully saturated rings. The maximum absolute atomic E-state index is 11.7. The van der Waals surface area contributed by atoms with E-state index in [1.165, 1.54) is 45.0 Å². The fraction of sp³-hybridized carbons (Fsp3) is 0.875. The molecule has 0 bridgehead atoms. The molecule has 7 nitrogen and oxygen atoms in total. The molecule has 0 radical (unpaired) electrons. The van der Waals surface area contributed by atoms with Crippen LogP contribution in [-0.2, 0) is 16.6 Å². The Bertz CT molecular complexity index is 683. The van der Waals surface area contributed by atoms with Gasteiger partial charge in [0.25, 0.3) is 0 Å². The SMILES string of the molecule is CS(=O)(=O)N1CCC(c2nnc(CN3CCCC3)n2C2CC2)CC1. The molecule has 2 saturated heterocycles. The van der Waals surface area contributed by atoms with Crippen LogP contribution in [0.25, 0.3) is 0 Å². The van der Waals surface area contributed by atoms with Crippen LogP contribution in [0.5, 0.6) is 0 Å². The number of aromatic nitrogens is 3. The summed E-state index contributed by atoms with van der Waals surface area (Å²) in [6.45, 7) is 4.44. The van der Waals surface area contributed by atoms with Gasteiger partial charge in [0, 0.05) is 25.0 Å². The highest BCUT2D eigenvalue weighted by atomic mass is 32.2. The molecule has 1 aromatic heterocycles. The molecule has 4 rings (SSSR count). The van der Waals surface area contributed by atoms with E-state index in [1.54, 1.807) is 4.31 Å². The Hall–Kier alpha value is -0.990. The molecule has 2 aliphatic heterocycles. The normalized spacial score (nSPS) is 24.7. The van der Waals surface area contributed by atoms with Crippen molar-refractivity contribution >= 4 is 10.0 Å². The third-order valence-electron chi connectivity index (χ3n) is 5.56. The smallest absolute Gasteiger partial charge is 0.211 e. The molecule has 3 heterocycles. The van der Waals surface area contributed by atoms with Crippen molar-refractivity contribution in [3.05, 3.63) is 11.6 Å². The lowest BCUT2D eigenvalue weighted by Gasteiger charge is -2.30. The highest BCUT2D eigenvalue weighted by Crippen LogP contribution is 2.40. The Morgan fingerprint density at radius 1 is 1.00 bits per heavy atom. The van der Waals surface area contributed by atoms with Crippen LogP contribution >= 0.6 is 0 Å². The zero-order valence-electron chi connectivity index (χ0n) is 14.4. The van der Waals surface area contributed by atoms with E-state index in [4.69, 9.17) is 0 Å². The summed E-state index contributed by atoms with van der Waals surface area (Å²) in [5.74, 6) is 2.54. The highest BCUT2D eigenvalue weighted by molar-refractivity contribution is 7.88. The second kappa shape index (κ2) is 6.38. The van der Waals surface area contributed by atoms with Crippen LogP contribution in [0.3, 0.4) is 0 Å². The molecular weight excluding hydrogens is 326 g/mol. The van der Waals surface area contributed by atoms with Crippen molar-refractivity contribution in [1.82, 2.24) is 24.0 Å². The number of nitrogens with zero attached hydrogens (tertiary/aromatic N) is 5. The Kier molecular flexibility index (Phi) is 4.38. The molecule has 3 aliphatic rings. The first-order chi connectivity index (χ1) is 11.5. The second-order valence-electron chi connectivity index (χ2n) is 7.50. The Morgan fingerprint density at radius 2 is 1.67 bits per heavy atom. The van der Waals surface area contributed by atoms with Gasteiger partial charge in [-0.3, -0.25) is 4.90 Å². The summed E-state index contributed by atoms with van der Waals surface area (Å²) in [7, 11) is -3.07. The number of hydrogen-bond donors (Lipinski definition) is 0. The summed E-state index contributed by atoms with van der Waals surface area (Å²) in [5.41, 5.74) is 0. The average molecular weight is 353 g/mol. The van der Waals surface area contributed by atoms with E-state index in [-0.39, 0.29) is 0 Å². The maximum atomic E-state index is 11.7. The van der Waals surface area contributed by atoms with Crippen LogP contribution in [0.2, 0.25) is 0 Å². The van der Waals surface area contributed by atoms with Gasteiger partial charge < -0.3 is 4.57 Å². The third-order valence-corrected chi connectivity index (χ3v) is 6.86. The lowest BCUT2D eigenvalue weighted by Crippen LogP contribution is -2.37. The summed E-state index contributed by atoms with van der Waals surface area (Å²) >= 11 is 0. The van der Waals surface area contributed by atoms with Crippen molar-refractivity contribution in [3.8, 4) is 0 Å². The van der Waals surface area contributed by atoms with Crippen LogP contribution in [0.15, 0.2) is 0 Å². The summed E-state index contributed by atoms with van der Waals surface area (Å²) < 4.78 is 27.4. The third kappa shape index (κ3) is 3.36. The van der Waals surface area contributed by atoms with Gasteiger partial charge in [-0.1, -0.05) is 0 Å². The van der Waals surface area contributed by atoms with Gasteiger partial charge in [-0.25, -0.2) is 12.7 Å². The summed E-state index contributed by atoms with van der Waals surface area (Å²) in [6.07, 6.45) is 8.01. The zero-order chi connectivity index (χ0) is 16.7. The molecule has 24 heavy (non-hydrogen) atoms. The first kappa shape index (κ1) is 16.5. The van der Waals surface area contributed by atoms with Gasteiger partial charge in [-0.15, -0.1) is 10.2 Å². The summed E-state index contributed by atoms with van der Waals surface area (Å²) in [6, 6.07) is 0.570. The van der Waals surface area contributed by atoms with Crippen LogP contribution < -0.4 is 0 Å². The molecule has 0 unspecified atom stereocenters. The van der Waals surface area contributed by atoms with E-state index in [0.717, 1.165) is 31.0 Å². The van der Waals surface area contributed by atoms with Crippen LogP contribution in [-0.4, -0.2) is 64.8 Å². The van der Waals surface area contributed by atoms with Gasteiger partial charge in [0.05, 0.1) is 12.8 Å². The minimum atomic E-state index is -3.07. The molecule has 0 N–H and O–H groups in total. The summed E-state index contributed by atoms with van der Waals surface area (Å²) in [5, 5.41) is 9.07. The Morgan fingerprint density at radius 3 is 2.25 bits per heavy atom. The van der Waals surface area contributed by atoms with Gasteiger partial charge >= 0.3 is 0 Å². The maximum Gasteiger partial charge on any atom is 0.211 e. The molecule has 0 amide bonds. The van der Waals surface area contributed by atoms with Crippen molar-refractivity contribution in [3.63, 3.8) is 0 Å². The van der Waals surface area contributed by atoms with Gasteiger partial charge in [-0.2, -0.15) is 0 Å². The van der Waals surface area contributed by atoms with E-state index in [2.05, 4.69) is 19.7 Å². The fourth-order valence-electron chi connectivity index (χ4n) is 4.04. The molecule has 0 atom stereocenters. The van der Waals surface area contributed by atoms with Crippen molar-refractivity contribution < 1.29 is 8.42 Å². The molecule has 8 heteroatoms. The number of likely N-dealkylation sites (tertiary alicyclic amines) is 1. The minimum absolute atomic E-state index is 0.337. The molecule has 134 valence electrons.